The third-order valence-corrected chi connectivity index (χ3v) is 3.75. The number of hydrogen-bond acceptors (Lipinski definition) is 3. The van der Waals surface area contributed by atoms with Crippen LogP contribution in [0.4, 0.5) is 0 Å². The van der Waals surface area contributed by atoms with E-state index in [1.54, 1.807) is 20.1 Å². The van der Waals surface area contributed by atoms with E-state index in [0.29, 0.717) is 16.9 Å². The molecule has 2 rings (SSSR count). The summed E-state index contributed by atoms with van der Waals surface area (Å²) < 4.78 is 5.22. The zero-order valence-electron chi connectivity index (χ0n) is 12.1. The standard InChI is InChI=1S/C16H20O3/c1-9(2)12-8-13-10(3)6-11(19-5)7-14(13)16(4,18)15(12)17/h6-9,18H,1-5H3. The minimum absolute atomic E-state index is 0.0913. The molecule has 0 fully saturated rings. The van der Waals surface area contributed by atoms with Crippen LogP contribution in [-0.2, 0) is 10.4 Å². The summed E-state index contributed by atoms with van der Waals surface area (Å²) in [6, 6.07) is 3.66. The Labute approximate surface area is 113 Å². The van der Waals surface area contributed by atoms with Gasteiger partial charge < -0.3 is 9.84 Å². The SMILES string of the molecule is COc1cc(C)c2c(c1)C(C)(O)C(=O)C(C(C)C)=C2. The fourth-order valence-corrected chi connectivity index (χ4v) is 2.53. The molecule has 0 saturated carbocycles. The number of methoxy groups -OCH3 is 1. The molecule has 3 nitrogen and oxygen atoms in total. The van der Waals surface area contributed by atoms with Crippen LogP contribution < -0.4 is 4.74 Å². The molecule has 19 heavy (non-hydrogen) atoms. The highest BCUT2D eigenvalue weighted by Gasteiger charge is 2.40. The lowest BCUT2D eigenvalue weighted by atomic mass is 9.75. The van der Waals surface area contributed by atoms with Crippen molar-refractivity contribution in [2.75, 3.05) is 7.11 Å². The van der Waals surface area contributed by atoms with Gasteiger partial charge in [-0.05, 0) is 49.1 Å². The molecule has 102 valence electrons. The molecule has 1 N–H and O–H groups in total. The van der Waals surface area contributed by atoms with Crippen molar-refractivity contribution in [3.8, 4) is 5.75 Å². The van der Waals surface area contributed by atoms with E-state index in [4.69, 9.17) is 4.74 Å². The van der Waals surface area contributed by atoms with Crippen molar-refractivity contribution in [3.05, 3.63) is 34.4 Å². The van der Waals surface area contributed by atoms with E-state index in [1.807, 2.05) is 32.9 Å². The fraction of sp³-hybridized carbons (Fsp3) is 0.438. The minimum atomic E-state index is -1.48. The van der Waals surface area contributed by atoms with E-state index in [1.165, 1.54) is 0 Å². The highest BCUT2D eigenvalue weighted by atomic mass is 16.5. The maximum Gasteiger partial charge on any atom is 0.194 e. The van der Waals surface area contributed by atoms with Gasteiger partial charge >= 0.3 is 0 Å². The van der Waals surface area contributed by atoms with Gasteiger partial charge in [-0.1, -0.05) is 13.8 Å². The average molecular weight is 260 g/mol. The lowest BCUT2D eigenvalue weighted by molar-refractivity contribution is -0.133. The number of carbonyl (C=O) groups is 1. The lowest BCUT2D eigenvalue weighted by Crippen LogP contribution is -2.38. The van der Waals surface area contributed by atoms with Crippen LogP contribution in [-0.4, -0.2) is 18.0 Å². The van der Waals surface area contributed by atoms with Gasteiger partial charge in [0.15, 0.2) is 5.78 Å². The summed E-state index contributed by atoms with van der Waals surface area (Å²) in [5, 5.41) is 10.6. The first-order valence-corrected chi connectivity index (χ1v) is 6.47. The van der Waals surface area contributed by atoms with Crippen LogP contribution in [0.1, 0.15) is 37.5 Å². The molecule has 0 aliphatic heterocycles. The Morgan fingerprint density at radius 2 is 1.95 bits per heavy atom. The van der Waals surface area contributed by atoms with Gasteiger partial charge in [0, 0.05) is 11.1 Å². The Kier molecular flexibility index (Phi) is 3.27. The topological polar surface area (TPSA) is 46.5 Å². The molecule has 0 aromatic heterocycles. The van der Waals surface area contributed by atoms with Gasteiger partial charge in [-0.25, -0.2) is 0 Å². The first-order valence-electron chi connectivity index (χ1n) is 6.47. The average Bonchev–Trinajstić information content (AvgIpc) is 2.33. The van der Waals surface area contributed by atoms with Gasteiger partial charge in [0.2, 0.25) is 0 Å². The fourth-order valence-electron chi connectivity index (χ4n) is 2.53. The van der Waals surface area contributed by atoms with Crippen LogP contribution in [0.3, 0.4) is 0 Å². The number of aliphatic hydroxyl groups is 1. The summed E-state index contributed by atoms with van der Waals surface area (Å²) >= 11 is 0. The molecule has 0 bridgehead atoms. The zero-order valence-corrected chi connectivity index (χ0v) is 12.1. The Bertz CT molecular complexity index is 566. The molecule has 0 amide bonds. The van der Waals surface area contributed by atoms with Gasteiger partial charge in [0.1, 0.15) is 11.4 Å². The molecule has 1 aliphatic carbocycles. The lowest BCUT2D eigenvalue weighted by Gasteiger charge is -2.32. The molecular formula is C16H20O3. The summed E-state index contributed by atoms with van der Waals surface area (Å²) in [6.07, 6.45) is 1.90. The number of carbonyl (C=O) groups excluding carboxylic acids is 1. The van der Waals surface area contributed by atoms with Crippen molar-refractivity contribution in [1.82, 2.24) is 0 Å². The van der Waals surface area contributed by atoms with E-state index < -0.39 is 5.60 Å². The second-order valence-corrected chi connectivity index (χ2v) is 5.56. The van der Waals surface area contributed by atoms with Crippen LogP contribution in [0.5, 0.6) is 5.75 Å². The van der Waals surface area contributed by atoms with Gasteiger partial charge in [0.25, 0.3) is 0 Å². The number of aryl methyl sites for hydroxylation is 1. The molecule has 1 aliphatic rings. The maximum absolute atomic E-state index is 12.4. The maximum atomic E-state index is 12.4. The van der Waals surface area contributed by atoms with E-state index >= 15 is 0 Å². The van der Waals surface area contributed by atoms with Gasteiger partial charge in [0.05, 0.1) is 7.11 Å². The highest BCUT2D eigenvalue weighted by Crippen LogP contribution is 2.39. The Balaban J connectivity index is 2.75. The van der Waals surface area contributed by atoms with Crippen molar-refractivity contribution < 1.29 is 14.6 Å². The summed E-state index contributed by atoms with van der Waals surface area (Å²) in [6.45, 7) is 7.44. The number of ether oxygens (including phenoxy) is 1. The number of fused-ring (bicyclic) bond motifs is 1. The minimum Gasteiger partial charge on any atom is -0.497 e. The van der Waals surface area contributed by atoms with Crippen molar-refractivity contribution in [2.45, 2.75) is 33.3 Å². The summed E-state index contributed by atoms with van der Waals surface area (Å²) in [5.41, 5.74) is 1.74. The predicted molar refractivity (Wildman–Crippen MR) is 75.1 cm³/mol. The number of benzene rings is 1. The molecule has 1 aromatic rings. The predicted octanol–water partition coefficient (Wildman–Crippen LogP) is 2.83. The quantitative estimate of drug-likeness (QED) is 0.889. The second kappa shape index (κ2) is 4.49. The van der Waals surface area contributed by atoms with Crippen molar-refractivity contribution in [3.63, 3.8) is 0 Å². The van der Waals surface area contributed by atoms with E-state index in [0.717, 1.165) is 11.1 Å². The van der Waals surface area contributed by atoms with Crippen LogP contribution in [0.25, 0.3) is 6.08 Å². The molecule has 0 spiro atoms. The third kappa shape index (κ3) is 2.08. The first kappa shape index (κ1) is 13.8. The van der Waals surface area contributed by atoms with E-state index in [9.17, 15) is 9.90 Å². The van der Waals surface area contributed by atoms with Crippen molar-refractivity contribution in [2.24, 2.45) is 5.92 Å². The van der Waals surface area contributed by atoms with Gasteiger partial charge in [-0.15, -0.1) is 0 Å². The first-order chi connectivity index (χ1) is 8.78. The number of ketones is 1. The van der Waals surface area contributed by atoms with Crippen LogP contribution in [0.2, 0.25) is 0 Å². The summed E-state index contributed by atoms with van der Waals surface area (Å²) in [7, 11) is 1.58. The number of rotatable bonds is 2. The van der Waals surface area contributed by atoms with Crippen LogP contribution in [0.15, 0.2) is 17.7 Å². The molecule has 0 radical (unpaired) electrons. The molecule has 0 saturated heterocycles. The monoisotopic (exact) mass is 260 g/mol. The largest absolute Gasteiger partial charge is 0.497 e. The molecule has 0 heterocycles. The highest BCUT2D eigenvalue weighted by molar-refractivity contribution is 6.08. The molecular weight excluding hydrogens is 240 g/mol. The van der Waals surface area contributed by atoms with Gasteiger partial charge in [-0.2, -0.15) is 0 Å². The zero-order chi connectivity index (χ0) is 14.4. The summed E-state index contributed by atoms with van der Waals surface area (Å²) in [4.78, 5) is 12.4. The Hall–Kier alpha value is -1.61. The molecule has 1 aromatic carbocycles. The number of hydrogen-bond donors (Lipinski definition) is 1. The van der Waals surface area contributed by atoms with E-state index in [-0.39, 0.29) is 11.7 Å². The van der Waals surface area contributed by atoms with E-state index in [2.05, 4.69) is 0 Å². The second-order valence-electron chi connectivity index (χ2n) is 5.56. The van der Waals surface area contributed by atoms with Crippen molar-refractivity contribution in [1.29, 1.82) is 0 Å². The third-order valence-electron chi connectivity index (χ3n) is 3.75. The Morgan fingerprint density at radius 3 is 2.47 bits per heavy atom. The van der Waals surface area contributed by atoms with Crippen LogP contribution >= 0.6 is 0 Å². The number of Topliss-reactive ketones (excluding diaryl/α,β-unsaturated/α-hetero) is 1. The van der Waals surface area contributed by atoms with Crippen molar-refractivity contribution >= 4 is 11.9 Å². The Morgan fingerprint density at radius 1 is 1.32 bits per heavy atom. The smallest absolute Gasteiger partial charge is 0.194 e. The van der Waals surface area contributed by atoms with Gasteiger partial charge in [-0.3, -0.25) is 4.79 Å². The summed E-state index contributed by atoms with van der Waals surface area (Å²) in [5.74, 6) is 0.530. The molecule has 1 atom stereocenters. The molecule has 3 heteroatoms. The molecule has 1 unspecified atom stereocenters. The normalized spacial score (nSPS) is 22.3. The van der Waals surface area contributed by atoms with Crippen LogP contribution in [0, 0.1) is 12.8 Å².